The lowest BCUT2D eigenvalue weighted by molar-refractivity contribution is -0.122. The summed E-state index contributed by atoms with van der Waals surface area (Å²) in [5, 5.41) is 4.11. The Balaban J connectivity index is 1.45. The van der Waals surface area contributed by atoms with Gasteiger partial charge in [-0.2, -0.15) is 0 Å². The minimum atomic E-state index is 0.000992. The second-order valence-corrected chi connectivity index (χ2v) is 8.91. The molecule has 0 bridgehead atoms. The number of fused-ring (bicyclic) bond motifs is 1. The number of hydrogen-bond acceptors (Lipinski definition) is 5. The second kappa shape index (κ2) is 8.93. The number of amides is 2. The van der Waals surface area contributed by atoms with Gasteiger partial charge in [-0.3, -0.25) is 19.5 Å². The Labute approximate surface area is 180 Å². The van der Waals surface area contributed by atoms with Gasteiger partial charge in [0, 0.05) is 37.5 Å². The summed E-state index contributed by atoms with van der Waals surface area (Å²) in [6, 6.07) is 13.9. The van der Waals surface area contributed by atoms with E-state index in [1.54, 1.807) is 36.5 Å². The summed E-state index contributed by atoms with van der Waals surface area (Å²) in [4.78, 5) is 34.1. The van der Waals surface area contributed by atoms with Crippen LogP contribution in [0, 0.1) is 0 Å². The average molecular weight is 423 g/mol. The summed E-state index contributed by atoms with van der Waals surface area (Å²) in [5.41, 5.74) is 1.99. The second-order valence-electron chi connectivity index (χ2n) is 7.86. The van der Waals surface area contributed by atoms with Crippen molar-refractivity contribution in [2.24, 2.45) is 0 Å². The maximum Gasteiger partial charge on any atom is 0.263 e. The number of nitrogens with zero attached hydrogens (tertiary/aromatic N) is 3. The van der Waals surface area contributed by atoms with Gasteiger partial charge in [-0.25, -0.2) is 0 Å². The SMILES string of the molecule is CN(C)C(=O)c1sc2ccccc2c1[C@@H]1CCN(CC(=O)NCc2ccccn2)C1. The number of likely N-dealkylation sites (tertiary alicyclic amines) is 1. The highest BCUT2D eigenvalue weighted by atomic mass is 32.1. The molecular formula is C23H26N4O2S. The Morgan fingerprint density at radius 2 is 2.00 bits per heavy atom. The quantitative estimate of drug-likeness (QED) is 0.663. The maximum atomic E-state index is 12.8. The summed E-state index contributed by atoms with van der Waals surface area (Å²) in [7, 11) is 3.59. The maximum absolute atomic E-state index is 12.8. The third kappa shape index (κ3) is 4.37. The van der Waals surface area contributed by atoms with Gasteiger partial charge in [0.1, 0.15) is 0 Å². The fraction of sp³-hybridized carbons (Fsp3) is 0.348. The van der Waals surface area contributed by atoms with Crippen LogP contribution < -0.4 is 5.32 Å². The van der Waals surface area contributed by atoms with Crippen LogP contribution in [0.1, 0.15) is 33.3 Å². The highest BCUT2D eigenvalue weighted by Gasteiger charge is 2.31. The van der Waals surface area contributed by atoms with E-state index in [2.05, 4.69) is 27.3 Å². The van der Waals surface area contributed by atoms with Crippen LogP contribution in [0.5, 0.6) is 0 Å². The molecule has 3 aromatic rings. The van der Waals surface area contributed by atoms with Crippen molar-refractivity contribution < 1.29 is 9.59 Å². The number of rotatable bonds is 6. The molecule has 0 aliphatic carbocycles. The normalized spacial score (nSPS) is 16.7. The van der Waals surface area contributed by atoms with Gasteiger partial charge in [0.15, 0.2) is 0 Å². The van der Waals surface area contributed by atoms with E-state index in [4.69, 9.17) is 0 Å². The minimum absolute atomic E-state index is 0.000992. The van der Waals surface area contributed by atoms with Crippen LogP contribution in [0.3, 0.4) is 0 Å². The van der Waals surface area contributed by atoms with Crippen molar-refractivity contribution in [3.8, 4) is 0 Å². The lowest BCUT2D eigenvalue weighted by atomic mass is 9.95. The lowest BCUT2D eigenvalue weighted by Crippen LogP contribution is -2.35. The first-order valence-corrected chi connectivity index (χ1v) is 11.0. The van der Waals surface area contributed by atoms with Gasteiger partial charge in [-0.05, 0) is 42.1 Å². The van der Waals surface area contributed by atoms with Crippen molar-refractivity contribution in [2.45, 2.75) is 18.9 Å². The van der Waals surface area contributed by atoms with E-state index in [9.17, 15) is 9.59 Å². The van der Waals surface area contributed by atoms with Gasteiger partial charge in [0.05, 0.1) is 23.7 Å². The van der Waals surface area contributed by atoms with E-state index in [1.165, 1.54) is 5.39 Å². The van der Waals surface area contributed by atoms with Crippen LogP contribution >= 0.6 is 11.3 Å². The van der Waals surface area contributed by atoms with Crippen molar-refractivity contribution in [1.82, 2.24) is 20.1 Å². The van der Waals surface area contributed by atoms with Crippen molar-refractivity contribution in [2.75, 3.05) is 33.7 Å². The fourth-order valence-electron chi connectivity index (χ4n) is 4.00. The Morgan fingerprint density at radius 1 is 1.20 bits per heavy atom. The van der Waals surface area contributed by atoms with E-state index < -0.39 is 0 Å². The molecule has 1 aliphatic rings. The van der Waals surface area contributed by atoms with Crippen LogP contribution in [-0.2, 0) is 11.3 Å². The van der Waals surface area contributed by atoms with Gasteiger partial charge >= 0.3 is 0 Å². The molecule has 0 saturated carbocycles. The zero-order valence-corrected chi connectivity index (χ0v) is 18.1. The fourth-order valence-corrected chi connectivity index (χ4v) is 5.31. The molecule has 1 aromatic carbocycles. The molecule has 1 N–H and O–H groups in total. The topological polar surface area (TPSA) is 65.5 Å². The number of aromatic nitrogens is 1. The first-order chi connectivity index (χ1) is 14.5. The summed E-state index contributed by atoms with van der Waals surface area (Å²) in [6.45, 7) is 2.43. The molecule has 3 heterocycles. The third-order valence-corrected chi connectivity index (χ3v) is 6.65. The first kappa shape index (κ1) is 20.5. The van der Waals surface area contributed by atoms with E-state index in [0.717, 1.165) is 40.3 Å². The molecule has 30 heavy (non-hydrogen) atoms. The zero-order valence-electron chi connectivity index (χ0n) is 17.3. The van der Waals surface area contributed by atoms with E-state index in [1.807, 2.05) is 30.3 Å². The van der Waals surface area contributed by atoms with Gasteiger partial charge in [-0.1, -0.05) is 24.3 Å². The van der Waals surface area contributed by atoms with Crippen LogP contribution in [0.4, 0.5) is 0 Å². The molecule has 156 valence electrons. The molecular weight excluding hydrogens is 396 g/mol. The molecule has 0 spiro atoms. The summed E-state index contributed by atoms with van der Waals surface area (Å²) < 4.78 is 1.14. The Morgan fingerprint density at radius 3 is 2.77 bits per heavy atom. The molecule has 0 unspecified atom stereocenters. The summed E-state index contributed by atoms with van der Waals surface area (Å²) in [6.07, 6.45) is 2.67. The van der Waals surface area contributed by atoms with Crippen LogP contribution in [0.15, 0.2) is 48.7 Å². The molecule has 7 heteroatoms. The number of thiophene rings is 1. The zero-order chi connectivity index (χ0) is 21.1. The van der Waals surface area contributed by atoms with Crippen LogP contribution in [0.25, 0.3) is 10.1 Å². The molecule has 6 nitrogen and oxygen atoms in total. The monoisotopic (exact) mass is 422 g/mol. The van der Waals surface area contributed by atoms with Gasteiger partial charge in [-0.15, -0.1) is 11.3 Å². The molecule has 1 atom stereocenters. The Kier molecular flexibility index (Phi) is 6.11. The minimum Gasteiger partial charge on any atom is -0.349 e. The van der Waals surface area contributed by atoms with Crippen LogP contribution in [-0.4, -0.2) is 60.3 Å². The van der Waals surface area contributed by atoms with E-state index in [-0.39, 0.29) is 17.7 Å². The number of hydrogen-bond donors (Lipinski definition) is 1. The number of carbonyl (C=O) groups excluding carboxylic acids is 2. The molecule has 2 aromatic heterocycles. The third-order valence-electron chi connectivity index (χ3n) is 5.47. The first-order valence-electron chi connectivity index (χ1n) is 10.1. The Hall–Kier alpha value is -2.77. The summed E-state index contributed by atoms with van der Waals surface area (Å²) in [5.74, 6) is 0.308. The number of pyridine rings is 1. The molecule has 4 rings (SSSR count). The van der Waals surface area contributed by atoms with Crippen LogP contribution in [0.2, 0.25) is 0 Å². The summed E-state index contributed by atoms with van der Waals surface area (Å²) >= 11 is 1.57. The molecule has 1 aliphatic heterocycles. The number of benzene rings is 1. The molecule has 1 saturated heterocycles. The number of carbonyl (C=O) groups is 2. The van der Waals surface area contributed by atoms with Crippen molar-refractivity contribution in [3.63, 3.8) is 0 Å². The molecule has 1 fully saturated rings. The number of nitrogens with one attached hydrogen (secondary N) is 1. The van der Waals surface area contributed by atoms with Crippen molar-refractivity contribution in [3.05, 3.63) is 64.8 Å². The van der Waals surface area contributed by atoms with Gasteiger partial charge in [0.25, 0.3) is 5.91 Å². The highest BCUT2D eigenvalue weighted by Crippen LogP contribution is 2.40. The molecule has 2 amide bonds. The van der Waals surface area contributed by atoms with E-state index >= 15 is 0 Å². The Bertz CT molecular complexity index is 1050. The predicted octanol–water partition coefficient (Wildman–Crippen LogP) is 3.10. The largest absolute Gasteiger partial charge is 0.349 e. The van der Waals surface area contributed by atoms with Crippen molar-refractivity contribution >= 4 is 33.2 Å². The molecule has 0 radical (unpaired) electrons. The van der Waals surface area contributed by atoms with Crippen molar-refractivity contribution in [1.29, 1.82) is 0 Å². The van der Waals surface area contributed by atoms with Gasteiger partial charge < -0.3 is 10.2 Å². The van der Waals surface area contributed by atoms with Gasteiger partial charge in [0.2, 0.25) is 5.91 Å². The lowest BCUT2D eigenvalue weighted by Gasteiger charge is -2.17. The standard InChI is InChI=1S/C23H26N4O2S/c1-26(2)23(29)22-21(18-8-3-4-9-19(18)30-22)16-10-12-27(14-16)15-20(28)25-13-17-7-5-6-11-24-17/h3-9,11,16H,10,12-15H2,1-2H3,(H,25,28)/t16-/m1/s1. The van der Waals surface area contributed by atoms with E-state index in [0.29, 0.717) is 13.1 Å². The predicted molar refractivity (Wildman–Crippen MR) is 120 cm³/mol. The smallest absolute Gasteiger partial charge is 0.263 e. The highest BCUT2D eigenvalue weighted by molar-refractivity contribution is 7.21. The average Bonchev–Trinajstić information content (AvgIpc) is 3.36.